The quantitative estimate of drug-likeness (QED) is 0.695. The zero-order valence-electron chi connectivity index (χ0n) is 12.2. The summed E-state index contributed by atoms with van der Waals surface area (Å²) in [7, 11) is 0. The van der Waals surface area contributed by atoms with Gasteiger partial charge in [0.15, 0.2) is 11.5 Å². The van der Waals surface area contributed by atoms with Crippen molar-refractivity contribution in [3.8, 4) is 17.6 Å². The number of nitrogens with one attached hydrogen (secondary N) is 1. The van der Waals surface area contributed by atoms with Gasteiger partial charge in [-0.05, 0) is 35.9 Å². The van der Waals surface area contributed by atoms with Crippen LogP contribution >= 0.6 is 0 Å². The van der Waals surface area contributed by atoms with Crippen molar-refractivity contribution >= 4 is 17.8 Å². The number of aromatic nitrogens is 1. The first-order valence-electron chi connectivity index (χ1n) is 7.00. The zero-order chi connectivity index (χ0) is 16.1. The third-order valence-electron chi connectivity index (χ3n) is 3.15. The number of pyridine rings is 1. The van der Waals surface area contributed by atoms with Crippen LogP contribution in [0.4, 0.5) is 5.82 Å². The number of anilines is 1. The minimum Gasteiger partial charge on any atom is -0.486 e. The Bertz CT molecular complexity index is 794. The molecule has 1 aromatic carbocycles. The highest BCUT2D eigenvalue weighted by molar-refractivity contribution is 6.09. The molecule has 2 aromatic rings. The van der Waals surface area contributed by atoms with E-state index in [1.165, 1.54) is 6.08 Å². The van der Waals surface area contributed by atoms with E-state index in [1.54, 1.807) is 42.6 Å². The molecule has 0 bridgehead atoms. The molecule has 0 fully saturated rings. The van der Waals surface area contributed by atoms with Crippen molar-refractivity contribution in [1.29, 1.82) is 5.26 Å². The number of carbonyl (C=O) groups excluding carboxylic acids is 1. The molecule has 6 nitrogen and oxygen atoms in total. The smallest absolute Gasteiger partial charge is 0.267 e. The van der Waals surface area contributed by atoms with Crippen molar-refractivity contribution in [1.82, 2.24) is 4.98 Å². The van der Waals surface area contributed by atoms with Gasteiger partial charge in [0, 0.05) is 6.20 Å². The van der Waals surface area contributed by atoms with Crippen LogP contribution in [0.25, 0.3) is 6.08 Å². The average molecular weight is 307 g/mol. The summed E-state index contributed by atoms with van der Waals surface area (Å²) in [5, 5.41) is 11.8. The fourth-order valence-electron chi connectivity index (χ4n) is 2.09. The summed E-state index contributed by atoms with van der Waals surface area (Å²) in [6.07, 6.45) is 3.06. The minimum atomic E-state index is -0.513. The standard InChI is InChI=1S/C17H13N3O3/c18-11-13(17(21)20-16-3-1-2-6-19-16)9-12-4-5-14-15(10-12)23-8-7-22-14/h1-6,9-10H,7-8H2,(H,19,20,21). The van der Waals surface area contributed by atoms with E-state index in [9.17, 15) is 10.1 Å². The van der Waals surface area contributed by atoms with Gasteiger partial charge in [-0.15, -0.1) is 0 Å². The van der Waals surface area contributed by atoms with Gasteiger partial charge in [0.25, 0.3) is 5.91 Å². The predicted octanol–water partition coefficient (Wildman–Crippen LogP) is 2.40. The third-order valence-corrected chi connectivity index (χ3v) is 3.15. The van der Waals surface area contributed by atoms with Gasteiger partial charge < -0.3 is 14.8 Å². The summed E-state index contributed by atoms with van der Waals surface area (Å²) in [5.74, 6) is 1.14. The van der Waals surface area contributed by atoms with Crippen LogP contribution in [0.2, 0.25) is 0 Å². The first-order chi connectivity index (χ1) is 11.3. The van der Waals surface area contributed by atoms with Crippen LogP contribution in [0.1, 0.15) is 5.56 Å². The Hall–Kier alpha value is -3.33. The molecule has 0 radical (unpaired) electrons. The summed E-state index contributed by atoms with van der Waals surface area (Å²) < 4.78 is 10.9. The molecular weight excluding hydrogens is 294 g/mol. The molecule has 3 rings (SSSR count). The fraction of sp³-hybridized carbons (Fsp3) is 0.118. The Morgan fingerprint density at radius 1 is 1.22 bits per heavy atom. The topological polar surface area (TPSA) is 84.2 Å². The molecule has 1 aliphatic heterocycles. The molecule has 114 valence electrons. The highest BCUT2D eigenvalue weighted by atomic mass is 16.6. The molecule has 0 unspecified atom stereocenters. The van der Waals surface area contributed by atoms with E-state index in [1.807, 2.05) is 6.07 Å². The zero-order valence-corrected chi connectivity index (χ0v) is 12.2. The van der Waals surface area contributed by atoms with Crippen LogP contribution in [-0.4, -0.2) is 24.1 Å². The van der Waals surface area contributed by atoms with Gasteiger partial charge in [0.05, 0.1) is 0 Å². The first kappa shape index (κ1) is 14.6. The molecule has 0 saturated carbocycles. The Labute approximate surface area is 133 Å². The summed E-state index contributed by atoms with van der Waals surface area (Å²) in [4.78, 5) is 16.1. The Morgan fingerprint density at radius 3 is 2.78 bits per heavy atom. The van der Waals surface area contributed by atoms with Gasteiger partial charge in [-0.3, -0.25) is 4.79 Å². The van der Waals surface area contributed by atoms with E-state index in [4.69, 9.17) is 9.47 Å². The SMILES string of the molecule is N#CC(=Cc1ccc2c(c1)OCCO2)C(=O)Nc1ccccn1. The molecule has 23 heavy (non-hydrogen) atoms. The van der Waals surface area contributed by atoms with E-state index in [0.717, 1.165) is 0 Å². The van der Waals surface area contributed by atoms with E-state index in [2.05, 4.69) is 10.3 Å². The molecule has 0 spiro atoms. The third kappa shape index (κ3) is 3.47. The van der Waals surface area contributed by atoms with Gasteiger partial charge in [0.1, 0.15) is 30.7 Å². The van der Waals surface area contributed by atoms with Crippen molar-refractivity contribution in [3.63, 3.8) is 0 Å². The summed E-state index contributed by atoms with van der Waals surface area (Å²) in [6, 6.07) is 12.3. The Balaban J connectivity index is 1.81. The summed E-state index contributed by atoms with van der Waals surface area (Å²) in [5.41, 5.74) is 0.661. The molecule has 1 aromatic heterocycles. The Morgan fingerprint density at radius 2 is 2.04 bits per heavy atom. The minimum absolute atomic E-state index is 0.0210. The van der Waals surface area contributed by atoms with Crippen molar-refractivity contribution in [2.75, 3.05) is 18.5 Å². The lowest BCUT2D eigenvalue weighted by molar-refractivity contribution is -0.112. The maximum atomic E-state index is 12.1. The molecule has 0 atom stereocenters. The van der Waals surface area contributed by atoms with Gasteiger partial charge in [-0.2, -0.15) is 5.26 Å². The van der Waals surface area contributed by atoms with Crippen LogP contribution in [0, 0.1) is 11.3 Å². The molecular formula is C17H13N3O3. The number of hydrogen-bond acceptors (Lipinski definition) is 5. The molecule has 1 amide bonds. The first-order valence-corrected chi connectivity index (χ1v) is 7.00. The van der Waals surface area contributed by atoms with Crippen LogP contribution in [-0.2, 0) is 4.79 Å². The highest BCUT2D eigenvalue weighted by Gasteiger charge is 2.13. The summed E-state index contributed by atoms with van der Waals surface area (Å²) >= 11 is 0. The maximum Gasteiger partial charge on any atom is 0.267 e. The molecule has 1 aliphatic rings. The lowest BCUT2D eigenvalue weighted by atomic mass is 10.1. The van der Waals surface area contributed by atoms with Gasteiger partial charge in [-0.1, -0.05) is 12.1 Å². The molecule has 1 N–H and O–H groups in total. The predicted molar refractivity (Wildman–Crippen MR) is 83.9 cm³/mol. The number of hydrogen-bond donors (Lipinski definition) is 1. The maximum absolute atomic E-state index is 12.1. The number of ether oxygens (including phenoxy) is 2. The lowest BCUT2D eigenvalue weighted by Gasteiger charge is -2.18. The van der Waals surface area contributed by atoms with Gasteiger partial charge in [0.2, 0.25) is 0 Å². The average Bonchev–Trinajstić information content (AvgIpc) is 2.60. The molecule has 2 heterocycles. The van der Waals surface area contributed by atoms with Crippen LogP contribution < -0.4 is 14.8 Å². The number of nitrogens with zero attached hydrogens (tertiary/aromatic N) is 2. The molecule has 0 aliphatic carbocycles. The Kier molecular flexibility index (Phi) is 4.20. The van der Waals surface area contributed by atoms with E-state index in [0.29, 0.717) is 36.1 Å². The number of benzene rings is 1. The number of nitriles is 1. The monoisotopic (exact) mass is 307 g/mol. The van der Waals surface area contributed by atoms with Crippen molar-refractivity contribution in [2.24, 2.45) is 0 Å². The van der Waals surface area contributed by atoms with Crippen LogP contribution in [0.3, 0.4) is 0 Å². The second-order valence-electron chi connectivity index (χ2n) is 4.74. The van der Waals surface area contributed by atoms with Crippen molar-refractivity contribution < 1.29 is 14.3 Å². The van der Waals surface area contributed by atoms with Gasteiger partial charge >= 0.3 is 0 Å². The number of amides is 1. The fourth-order valence-corrected chi connectivity index (χ4v) is 2.09. The number of carbonyl (C=O) groups is 1. The highest BCUT2D eigenvalue weighted by Crippen LogP contribution is 2.31. The molecule has 6 heteroatoms. The second kappa shape index (κ2) is 6.62. The second-order valence-corrected chi connectivity index (χ2v) is 4.74. The normalized spacial score (nSPS) is 13.1. The molecule has 0 saturated heterocycles. The van der Waals surface area contributed by atoms with Crippen LogP contribution in [0.5, 0.6) is 11.5 Å². The van der Waals surface area contributed by atoms with Gasteiger partial charge in [-0.25, -0.2) is 4.98 Å². The van der Waals surface area contributed by atoms with Crippen LogP contribution in [0.15, 0.2) is 48.2 Å². The van der Waals surface area contributed by atoms with Crippen molar-refractivity contribution in [3.05, 3.63) is 53.7 Å². The number of fused-ring (bicyclic) bond motifs is 1. The lowest BCUT2D eigenvalue weighted by Crippen LogP contribution is -2.15. The van der Waals surface area contributed by atoms with E-state index in [-0.39, 0.29) is 5.57 Å². The largest absolute Gasteiger partial charge is 0.486 e. The van der Waals surface area contributed by atoms with E-state index < -0.39 is 5.91 Å². The number of rotatable bonds is 3. The van der Waals surface area contributed by atoms with E-state index >= 15 is 0 Å². The van der Waals surface area contributed by atoms with Crippen molar-refractivity contribution in [2.45, 2.75) is 0 Å². The summed E-state index contributed by atoms with van der Waals surface area (Å²) in [6.45, 7) is 0.990.